The lowest BCUT2D eigenvalue weighted by Crippen LogP contribution is -2.61. The molecular weight excluding hydrogens is 499 g/mol. The van der Waals surface area contributed by atoms with E-state index in [-0.39, 0.29) is 17.5 Å². The second kappa shape index (κ2) is 8.91. The Kier molecular flexibility index (Phi) is 5.60. The minimum atomic E-state index is -0.0882. The molecule has 0 spiro atoms. The maximum atomic E-state index is 6.66. The van der Waals surface area contributed by atoms with Gasteiger partial charge in [0.05, 0.1) is 17.6 Å². The van der Waals surface area contributed by atoms with Crippen molar-refractivity contribution >= 4 is 57.4 Å². The van der Waals surface area contributed by atoms with E-state index in [1.54, 1.807) is 0 Å². The van der Waals surface area contributed by atoms with Gasteiger partial charge in [-0.1, -0.05) is 90.1 Å². The van der Waals surface area contributed by atoms with E-state index in [0.29, 0.717) is 0 Å². The van der Waals surface area contributed by atoms with Crippen molar-refractivity contribution in [2.45, 2.75) is 59.3 Å². The Morgan fingerprint density at radius 1 is 0.634 bits per heavy atom. The van der Waals surface area contributed by atoms with Crippen LogP contribution in [0.3, 0.4) is 0 Å². The molecule has 7 rings (SSSR count). The van der Waals surface area contributed by atoms with Gasteiger partial charge in [-0.2, -0.15) is 0 Å². The summed E-state index contributed by atoms with van der Waals surface area (Å²) in [5.74, 6) is 0. The first-order chi connectivity index (χ1) is 19.5. The van der Waals surface area contributed by atoms with Gasteiger partial charge >= 0.3 is 0 Å². The number of hydrogen-bond acceptors (Lipinski definition) is 3. The zero-order valence-corrected chi connectivity index (χ0v) is 25.1. The van der Waals surface area contributed by atoms with E-state index in [0.717, 1.165) is 17.0 Å². The molecule has 0 N–H and O–H groups in total. The average molecular weight is 537 g/mol. The van der Waals surface area contributed by atoms with Crippen molar-refractivity contribution in [3.8, 4) is 0 Å². The van der Waals surface area contributed by atoms with Gasteiger partial charge in [-0.3, -0.25) is 0 Å². The number of rotatable bonds is 2. The molecule has 204 valence electrons. The fourth-order valence-electron chi connectivity index (χ4n) is 6.61. The normalized spacial score (nSPS) is 14.1. The topological polar surface area (TPSA) is 19.6 Å². The van der Waals surface area contributed by atoms with Gasteiger partial charge in [-0.15, -0.1) is 0 Å². The first kappa shape index (κ1) is 25.8. The maximum Gasteiger partial charge on any atom is 0.297 e. The molecule has 0 atom stereocenters. The van der Waals surface area contributed by atoms with Crippen LogP contribution in [0.5, 0.6) is 0 Å². The van der Waals surface area contributed by atoms with Crippen LogP contribution in [0.15, 0.2) is 102 Å². The van der Waals surface area contributed by atoms with Gasteiger partial charge in [0.1, 0.15) is 0 Å². The summed E-state index contributed by atoms with van der Waals surface area (Å²) in [6.45, 7) is 15.9. The van der Waals surface area contributed by atoms with E-state index in [1.165, 1.54) is 50.4 Å². The van der Waals surface area contributed by atoms with E-state index >= 15 is 0 Å². The van der Waals surface area contributed by atoms with Crippen molar-refractivity contribution in [2.24, 2.45) is 0 Å². The van der Waals surface area contributed by atoms with Crippen molar-refractivity contribution in [3.05, 3.63) is 114 Å². The van der Waals surface area contributed by atoms with Crippen LogP contribution in [0.25, 0.3) is 0 Å². The molecule has 3 nitrogen and oxygen atoms in total. The Labute approximate surface area is 244 Å². The van der Waals surface area contributed by atoms with E-state index in [4.69, 9.17) is 4.42 Å². The molecular formula is C37H37BN2O. The Bertz CT molecular complexity index is 1770. The van der Waals surface area contributed by atoms with Crippen molar-refractivity contribution in [2.75, 3.05) is 9.80 Å². The van der Waals surface area contributed by atoms with Crippen LogP contribution in [0, 0.1) is 6.92 Å². The largest absolute Gasteiger partial charge is 0.476 e. The van der Waals surface area contributed by atoms with Crippen LogP contribution in [-0.4, -0.2) is 6.71 Å². The molecule has 0 saturated carbocycles. The third kappa shape index (κ3) is 3.95. The van der Waals surface area contributed by atoms with Crippen LogP contribution in [0.4, 0.5) is 34.1 Å². The van der Waals surface area contributed by atoms with E-state index in [9.17, 15) is 0 Å². The van der Waals surface area contributed by atoms with Crippen LogP contribution in [-0.2, 0) is 10.8 Å². The molecule has 0 bridgehead atoms. The molecule has 0 aliphatic carbocycles. The fourth-order valence-corrected chi connectivity index (χ4v) is 6.61. The summed E-state index contributed by atoms with van der Waals surface area (Å²) in [6.07, 6.45) is 2.01. The molecule has 4 aromatic carbocycles. The molecule has 2 aliphatic heterocycles. The van der Waals surface area contributed by atoms with Gasteiger partial charge in [0.2, 0.25) is 0 Å². The Morgan fingerprint density at radius 3 is 1.90 bits per heavy atom. The highest BCUT2D eigenvalue weighted by Crippen LogP contribution is 2.47. The third-order valence-electron chi connectivity index (χ3n) is 8.63. The SMILES string of the molecule is Cc1cc2c3c(c1)N(c1ccc(C(C)(C)C)cc1)c1c(C(C)(C)C)coc1B3c1ccccc1N2c1ccccc1. The van der Waals surface area contributed by atoms with Crippen molar-refractivity contribution in [3.63, 3.8) is 0 Å². The van der Waals surface area contributed by atoms with Gasteiger partial charge in [0.25, 0.3) is 6.71 Å². The van der Waals surface area contributed by atoms with Crippen LogP contribution >= 0.6 is 0 Å². The Balaban J connectivity index is 1.56. The van der Waals surface area contributed by atoms with Crippen molar-refractivity contribution in [1.82, 2.24) is 0 Å². The lowest BCUT2D eigenvalue weighted by molar-refractivity contribution is 0.552. The molecule has 0 unspecified atom stereocenters. The Hall–Kier alpha value is -4.18. The monoisotopic (exact) mass is 536 g/mol. The fraction of sp³-hybridized carbons (Fsp3) is 0.243. The molecule has 0 fully saturated rings. The van der Waals surface area contributed by atoms with E-state index < -0.39 is 0 Å². The molecule has 0 radical (unpaired) electrons. The highest BCUT2D eigenvalue weighted by Gasteiger charge is 2.47. The molecule has 2 aliphatic rings. The van der Waals surface area contributed by atoms with E-state index in [1.807, 2.05) is 6.26 Å². The molecule has 5 aromatic rings. The summed E-state index contributed by atoms with van der Waals surface area (Å²) in [6, 6.07) is 33.4. The number of fused-ring (bicyclic) bond motifs is 4. The summed E-state index contributed by atoms with van der Waals surface area (Å²) in [7, 11) is 0. The standard InChI is InChI=1S/C37H37BN2O/c1-24-21-31-33-32(22-24)40(27-19-17-25(18-20-27)36(2,3)4)34-28(37(5,6)7)23-41-35(34)38(33)29-15-11-12-16-30(29)39(31)26-13-9-8-10-14-26/h8-23H,1-7H3. The number of hydrogen-bond donors (Lipinski definition) is 0. The summed E-state index contributed by atoms with van der Waals surface area (Å²) in [4.78, 5) is 4.89. The zero-order chi connectivity index (χ0) is 28.7. The number of nitrogens with zero attached hydrogens (tertiary/aromatic N) is 2. The summed E-state index contributed by atoms with van der Waals surface area (Å²) < 4.78 is 6.66. The molecule has 3 heterocycles. The summed E-state index contributed by atoms with van der Waals surface area (Å²) >= 11 is 0. The van der Waals surface area contributed by atoms with Gasteiger partial charge < -0.3 is 14.2 Å². The van der Waals surface area contributed by atoms with Gasteiger partial charge in [-0.25, -0.2) is 0 Å². The number of anilines is 6. The molecule has 41 heavy (non-hydrogen) atoms. The lowest BCUT2D eigenvalue weighted by Gasteiger charge is -2.43. The van der Waals surface area contributed by atoms with Crippen LogP contribution < -0.4 is 26.4 Å². The molecule has 1 aromatic heterocycles. The van der Waals surface area contributed by atoms with E-state index in [2.05, 4.69) is 149 Å². The predicted molar refractivity (Wildman–Crippen MR) is 175 cm³/mol. The predicted octanol–water partition coefficient (Wildman–Crippen LogP) is 8.27. The highest BCUT2D eigenvalue weighted by molar-refractivity contribution is 6.99. The van der Waals surface area contributed by atoms with Crippen molar-refractivity contribution in [1.29, 1.82) is 0 Å². The quantitative estimate of drug-likeness (QED) is 0.207. The first-order valence-corrected chi connectivity index (χ1v) is 14.7. The van der Waals surface area contributed by atoms with Gasteiger partial charge in [-0.05, 0) is 82.3 Å². The van der Waals surface area contributed by atoms with Gasteiger partial charge in [0, 0.05) is 34.0 Å². The minimum absolute atomic E-state index is 0.00737. The zero-order valence-electron chi connectivity index (χ0n) is 25.1. The highest BCUT2D eigenvalue weighted by atomic mass is 16.3. The first-order valence-electron chi connectivity index (χ1n) is 14.7. The lowest BCUT2D eigenvalue weighted by atomic mass is 9.35. The number of aryl methyl sites for hydroxylation is 1. The average Bonchev–Trinajstić information content (AvgIpc) is 3.38. The second-order valence-electron chi connectivity index (χ2n) is 13.6. The summed E-state index contributed by atoms with van der Waals surface area (Å²) in [5, 5.41) is 0. The molecule has 0 amide bonds. The number of benzene rings is 4. The molecule has 4 heteroatoms. The van der Waals surface area contributed by atoms with Crippen LogP contribution in [0.1, 0.15) is 58.2 Å². The minimum Gasteiger partial charge on any atom is -0.476 e. The van der Waals surface area contributed by atoms with Crippen molar-refractivity contribution < 1.29 is 4.42 Å². The Morgan fingerprint density at radius 2 is 1.24 bits per heavy atom. The smallest absolute Gasteiger partial charge is 0.297 e. The number of para-hydroxylation sites is 2. The third-order valence-corrected chi connectivity index (χ3v) is 8.63. The van der Waals surface area contributed by atoms with Crippen LogP contribution in [0.2, 0.25) is 0 Å². The maximum absolute atomic E-state index is 6.66. The molecule has 0 saturated heterocycles. The van der Waals surface area contributed by atoms with Gasteiger partial charge in [0.15, 0.2) is 0 Å². The second-order valence-corrected chi connectivity index (χ2v) is 13.6. The number of furan rings is 1. The summed E-state index contributed by atoms with van der Waals surface area (Å²) in [5.41, 5.74) is 14.5.